The summed E-state index contributed by atoms with van der Waals surface area (Å²) in [5.41, 5.74) is 6.65. The molecule has 0 spiro atoms. The number of rotatable bonds is 5. The SMILES string of the molecule is CO/C=C\CCCC(=O)NC(N)=NC1=Nc2ccccc2SC1. The van der Waals surface area contributed by atoms with Gasteiger partial charge in [0.25, 0.3) is 0 Å². The molecule has 0 atom stereocenters. The summed E-state index contributed by atoms with van der Waals surface area (Å²) in [7, 11) is 1.59. The average molecular weight is 332 g/mol. The predicted molar refractivity (Wildman–Crippen MR) is 94.0 cm³/mol. The number of guanidine groups is 1. The Morgan fingerprint density at radius 1 is 1.52 bits per heavy atom. The third kappa shape index (κ3) is 5.78. The number of allylic oxidation sites excluding steroid dienone is 1. The normalized spacial score (nSPS) is 14.3. The zero-order chi connectivity index (χ0) is 16.5. The summed E-state index contributed by atoms with van der Waals surface area (Å²) in [4.78, 5) is 21.5. The monoisotopic (exact) mass is 332 g/mol. The van der Waals surface area contributed by atoms with Crippen molar-refractivity contribution in [2.45, 2.75) is 24.2 Å². The van der Waals surface area contributed by atoms with Crippen molar-refractivity contribution >= 4 is 35.2 Å². The number of carbonyl (C=O) groups excluding carboxylic acids is 1. The second-order valence-electron chi connectivity index (χ2n) is 4.83. The van der Waals surface area contributed by atoms with Crippen LogP contribution in [0.3, 0.4) is 0 Å². The first kappa shape index (κ1) is 17.1. The maximum atomic E-state index is 11.8. The molecule has 2 rings (SSSR count). The van der Waals surface area contributed by atoms with Crippen molar-refractivity contribution in [2.75, 3.05) is 12.9 Å². The van der Waals surface area contributed by atoms with E-state index in [1.165, 1.54) is 0 Å². The van der Waals surface area contributed by atoms with Crippen molar-refractivity contribution in [1.82, 2.24) is 5.32 Å². The molecule has 0 radical (unpaired) electrons. The third-order valence-electron chi connectivity index (χ3n) is 3.00. The number of carbonyl (C=O) groups is 1. The van der Waals surface area contributed by atoms with E-state index in [1.54, 1.807) is 25.1 Å². The lowest BCUT2D eigenvalue weighted by atomic mass is 10.2. The minimum absolute atomic E-state index is 0.0844. The molecule has 122 valence electrons. The molecule has 7 heteroatoms. The molecule has 0 saturated carbocycles. The molecule has 1 aromatic rings. The largest absolute Gasteiger partial charge is 0.505 e. The van der Waals surface area contributed by atoms with Gasteiger partial charge in [-0.3, -0.25) is 10.1 Å². The van der Waals surface area contributed by atoms with Crippen LogP contribution >= 0.6 is 11.8 Å². The van der Waals surface area contributed by atoms with Crippen LogP contribution in [0.25, 0.3) is 0 Å². The quantitative estimate of drug-likeness (QED) is 0.375. The highest BCUT2D eigenvalue weighted by Gasteiger charge is 2.12. The lowest BCUT2D eigenvalue weighted by molar-refractivity contribution is -0.119. The van der Waals surface area contributed by atoms with Gasteiger partial charge in [-0.1, -0.05) is 12.1 Å². The van der Waals surface area contributed by atoms with Gasteiger partial charge in [0, 0.05) is 11.3 Å². The second-order valence-corrected chi connectivity index (χ2v) is 5.85. The molecule has 0 unspecified atom stereocenters. The lowest BCUT2D eigenvalue weighted by Gasteiger charge is -2.12. The van der Waals surface area contributed by atoms with Crippen molar-refractivity contribution in [1.29, 1.82) is 0 Å². The van der Waals surface area contributed by atoms with Crippen LogP contribution in [0.4, 0.5) is 5.69 Å². The summed E-state index contributed by atoms with van der Waals surface area (Å²) in [5.74, 6) is 1.17. The van der Waals surface area contributed by atoms with Crippen LogP contribution in [0, 0.1) is 0 Å². The fourth-order valence-electron chi connectivity index (χ4n) is 1.96. The van der Waals surface area contributed by atoms with Crippen LogP contribution in [0.15, 0.2) is 51.5 Å². The molecule has 0 aromatic heterocycles. The van der Waals surface area contributed by atoms with E-state index in [-0.39, 0.29) is 11.9 Å². The van der Waals surface area contributed by atoms with Gasteiger partial charge < -0.3 is 10.5 Å². The first-order chi connectivity index (χ1) is 11.2. The maximum Gasteiger partial charge on any atom is 0.226 e. The van der Waals surface area contributed by atoms with Crippen LogP contribution in [-0.4, -0.2) is 30.6 Å². The predicted octanol–water partition coefficient (Wildman–Crippen LogP) is 2.58. The molecule has 0 saturated heterocycles. The molecule has 1 aromatic carbocycles. The Morgan fingerprint density at radius 3 is 3.17 bits per heavy atom. The Morgan fingerprint density at radius 2 is 2.35 bits per heavy atom. The van der Waals surface area contributed by atoms with E-state index in [4.69, 9.17) is 10.5 Å². The minimum Gasteiger partial charge on any atom is -0.505 e. The highest BCUT2D eigenvalue weighted by atomic mass is 32.2. The number of ether oxygens (including phenoxy) is 1. The van der Waals surface area contributed by atoms with Gasteiger partial charge in [0.1, 0.15) is 5.84 Å². The molecule has 1 aliphatic heterocycles. The third-order valence-corrected chi connectivity index (χ3v) is 4.05. The van der Waals surface area contributed by atoms with Gasteiger partial charge in [0.05, 0.1) is 24.8 Å². The molecule has 0 bridgehead atoms. The summed E-state index contributed by atoms with van der Waals surface area (Å²) in [6.07, 6.45) is 5.36. The van der Waals surface area contributed by atoms with Crippen LogP contribution < -0.4 is 11.1 Å². The highest BCUT2D eigenvalue weighted by Crippen LogP contribution is 2.33. The molecule has 23 heavy (non-hydrogen) atoms. The van der Waals surface area contributed by atoms with E-state index in [2.05, 4.69) is 15.3 Å². The van der Waals surface area contributed by atoms with Gasteiger partial charge in [-0.15, -0.1) is 11.8 Å². The molecule has 1 heterocycles. The number of amidine groups is 1. The van der Waals surface area contributed by atoms with Gasteiger partial charge >= 0.3 is 0 Å². The fourth-order valence-corrected chi connectivity index (χ4v) is 2.81. The number of thioether (sulfide) groups is 1. The number of fused-ring (bicyclic) bond motifs is 1. The van der Waals surface area contributed by atoms with Gasteiger partial charge in [-0.05, 0) is 31.1 Å². The number of benzene rings is 1. The van der Waals surface area contributed by atoms with Crippen LogP contribution in [0.1, 0.15) is 19.3 Å². The Kier molecular flexibility index (Phi) is 6.68. The zero-order valence-corrected chi connectivity index (χ0v) is 13.8. The topological polar surface area (TPSA) is 89.1 Å². The molecular formula is C16H20N4O2S. The number of aliphatic imine (C=N–C) groups is 2. The van der Waals surface area contributed by atoms with E-state index in [0.717, 1.165) is 23.4 Å². The van der Waals surface area contributed by atoms with E-state index in [1.807, 2.05) is 30.3 Å². The zero-order valence-electron chi connectivity index (χ0n) is 13.0. The van der Waals surface area contributed by atoms with Crippen LogP contribution in [-0.2, 0) is 9.53 Å². The van der Waals surface area contributed by atoms with Crippen LogP contribution in [0.2, 0.25) is 0 Å². The van der Waals surface area contributed by atoms with E-state index < -0.39 is 0 Å². The first-order valence-corrected chi connectivity index (χ1v) is 8.29. The standard InChI is InChI=1S/C16H20N4O2S/c1-22-10-6-2-3-9-15(21)20-16(17)19-14-11-23-13-8-5-4-7-12(13)18-14/h4-8,10H,2-3,9,11H2,1H3,(H3,17,18,19,20,21)/b10-6-. The number of methoxy groups -OCH3 is 1. The number of amides is 1. The number of para-hydroxylation sites is 1. The maximum absolute atomic E-state index is 11.8. The number of nitrogens with one attached hydrogen (secondary N) is 1. The lowest BCUT2D eigenvalue weighted by Crippen LogP contribution is -2.37. The van der Waals surface area contributed by atoms with Gasteiger partial charge in [-0.2, -0.15) is 4.99 Å². The van der Waals surface area contributed by atoms with Gasteiger partial charge in [0.15, 0.2) is 0 Å². The number of unbranched alkanes of at least 4 members (excludes halogenated alkanes) is 1. The number of nitrogens with two attached hydrogens (primary N) is 1. The van der Waals surface area contributed by atoms with E-state index >= 15 is 0 Å². The van der Waals surface area contributed by atoms with Crippen LogP contribution in [0.5, 0.6) is 0 Å². The van der Waals surface area contributed by atoms with E-state index in [9.17, 15) is 4.79 Å². The molecule has 3 N–H and O–H groups in total. The fraction of sp³-hybridized carbons (Fsp3) is 0.312. The molecule has 0 aliphatic carbocycles. The first-order valence-electron chi connectivity index (χ1n) is 7.30. The van der Waals surface area contributed by atoms with Gasteiger partial charge in [-0.25, -0.2) is 4.99 Å². The Labute approximate surface area is 139 Å². The van der Waals surface area contributed by atoms with Crippen molar-refractivity contribution in [3.63, 3.8) is 0 Å². The number of hydrogen-bond acceptors (Lipinski definition) is 5. The van der Waals surface area contributed by atoms with Gasteiger partial charge in [0.2, 0.25) is 11.9 Å². The smallest absolute Gasteiger partial charge is 0.226 e. The van der Waals surface area contributed by atoms with Crippen molar-refractivity contribution in [2.24, 2.45) is 15.7 Å². The minimum atomic E-state index is -0.151. The Hall–Kier alpha value is -2.28. The van der Waals surface area contributed by atoms with Crippen molar-refractivity contribution in [3.05, 3.63) is 36.6 Å². The molecular weight excluding hydrogens is 312 g/mol. The summed E-state index contributed by atoms with van der Waals surface area (Å²) >= 11 is 1.65. The summed E-state index contributed by atoms with van der Waals surface area (Å²) in [5, 5.41) is 2.59. The average Bonchev–Trinajstić information content (AvgIpc) is 2.54. The second kappa shape index (κ2) is 8.99. The van der Waals surface area contributed by atoms with Crippen molar-refractivity contribution in [3.8, 4) is 0 Å². The highest BCUT2D eigenvalue weighted by molar-refractivity contribution is 8.00. The Balaban J connectivity index is 1.85. The summed E-state index contributed by atoms with van der Waals surface area (Å²) in [6, 6.07) is 7.86. The summed E-state index contributed by atoms with van der Waals surface area (Å²) in [6.45, 7) is 0. The molecule has 1 amide bonds. The number of hydrogen-bond donors (Lipinski definition) is 2. The van der Waals surface area contributed by atoms with E-state index in [0.29, 0.717) is 18.0 Å². The molecule has 6 nitrogen and oxygen atoms in total. The Bertz CT molecular complexity index is 641. The molecule has 1 aliphatic rings. The van der Waals surface area contributed by atoms with Crippen molar-refractivity contribution < 1.29 is 9.53 Å². The number of nitrogens with zero attached hydrogens (tertiary/aromatic N) is 2. The summed E-state index contributed by atoms with van der Waals surface area (Å²) < 4.78 is 4.79. The molecule has 0 fully saturated rings.